The van der Waals surface area contributed by atoms with Crippen LogP contribution >= 0.6 is 24.0 Å². The summed E-state index contributed by atoms with van der Waals surface area (Å²) in [7, 11) is 0. The van der Waals surface area contributed by atoms with Gasteiger partial charge in [0, 0.05) is 30.9 Å². The van der Waals surface area contributed by atoms with Crippen LogP contribution in [0.1, 0.15) is 33.3 Å². The van der Waals surface area contributed by atoms with Crippen molar-refractivity contribution in [1.82, 2.24) is 9.80 Å². The third-order valence-corrected chi connectivity index (χ3v) is 5.11. The molecule has 0 aliphatic rings. The van der Waals surface area contributed by atoms with Gasteiger partial charge in [0.25, 0.3) is 0 Å². The standard InChI is InChI=1S/C18H30N2OS2/c1-5-19(15-16-9-7-6-8-10-16)12-14-23-17(22)20(11-13-21)18(2,3)4/h6-10,21H,5,11-15H2,1-4H3. The summed E-state index contributed by atoms with van der Waals surface area (Å²) >= 11 is 7.28. The number of hydrogen-bond donors (Lipinski definition) is 1. The molecule has 0 amide bonds. The second-order valence-electron chi connectivity index (χ2n) is 6.51. The van der Waals surface area contributed by atoms with Gasteiger partial charge in [0.2, 0.25) is 0 Å². The maximum atomic E-state index is 9.25. The number of β-amino-alcohol motifs (C(OH)–C–C–N with tert-alkyl or cyclic N) is 1. The number of rotatable bonds is 8. The van der Waals surface area contributed by atoms with E-state index in [1.165, 1.54) is 5.56 Å². The third-order valence-electron chi connectivity index (χ3n) is 3.68. The van der Waals surface area contributed by atoms with Gasteiger partial charge in [0.05, 0.1) is 6.61 Å². The fourth-order valence-electron chi connectivity index (χ4n) is 2.33. The molecule has 3 nitrogen and oxygen atoms in total. The Labute approximate surface area is 151 Å². The number of benzene rings is 1. The SMILES string of the molecule is CCN(CCSC(=S)N(CCO)C(C)(C)C)Cc1ccccc1. The van der Waals surface area contributed by atoms with Crippen molar-refractivity contribution in [3.05, 3.63) is 35.9 Å². The molecule has 1 N–H and O–H groups in total. The molecular weight excluding hydrogens is 324 g/mol. The zero-order valence-corrected chi connectivity index (χ0v) is 16.4. The first-order valence-corrected chi connectivity index (χ1v) is 9.59. The van der Waals surface area contributed by atoms with Gasteiger partial charge in [-0.25, -0.2) is 0 Å². The van der Waals surface area contributed by atoms with E-state index in [0.717, 1.165) is 29.7 Å². The lowest BCUT2D eigenvalue weighted by Gasteiger charge is -2.37. The van der Waals surface area contributed by atoms with E-state index in [4.69, 9.17) is 12.2 Å². The summed E-state index contributed by atoms with van der Waals surface area (Å²) in [6, 6.07) is 10.6. The highest BCUT2D eigenvalue weighted by Crippen LogP contribution is 2.20. The summed E-state index contributed by atoms with van der Waals surface area (Å²) in [4.78, 5) is 4.54. The average Bonchev–Trinajstić information content (AvgIpc) is 2.51. The van der Waals surface area contributed by atoms with Crippen molar-refractivity contribution in [3.8, 4) is 0 Å². The molecule has 0 saturated heterocycles. The summed E-state index contributed by atoms with van der Waals surface area (Å²) in [6.45, 7) is 12.3. The second kappa shape index (κ2) is 10.3. The van der Waals surface area contributed by atoms with Gasteiger partial charge in [-0.3, -0.25) is 4.90 Å². The maximum Gasteiger partial charge on any atom is 0.136 e. The van der Waals surface area contributed by atoms with Crippen LogP contribution in [0.4, 0.5) is 0 Å². The molecule has 0 unspecified atom stereocenters. The fourth-order valence-corrected chi connectivity index (χ4v) is 3.99. The molecule has 0 atom stereocenters. The fraction of sp³-hybridized carbons (Fsp3) is 0.611. The van der Waals surface area contributed by atoms with Gasteiger partial charge in [-0.1, -0.05) is 61.2 Å². The van der Waals surface area contributed by atoms with E-state index in [1.54, 1.807) is 11.8 Å². The van der Waals surface area contributed by atoms with Crippen LogP contribution in [-0.2, 0) is 6.54 Å². The van der Waals surface area contributed by atoms with Crippen LogP contribution in [0.3, 0.4) is 0 Å². The molecule has 0 aromatic heterocycles. The molecule has 1 aromatic carbocycles. The summed E-state index contributed by atoms with van der Waals surface area (Å²) in [5, 5.41) is 9.25. The van der Waals surface area contributed by atoms with Crippen LogP contribution in [0.15, 0.2) is 30.3 Å². The summed E-state index contributed by atoms with van der Waals surface area (Å²) in [5.74, 6) is 0.970. The average molecular weight is 355 g/mol. The van der Waals surface area contributed by atoms with Gasteiger partial charge >= 0.3 is 0 Å². The van der Waals surface area contributed by atoms with Crippen LogP contribution in [-0.4, -0.2) is 56.8 Å². The Hall–Kier alpha value is -0.620. The smallest absolute Gasteiger partial charge is 0.136 e. The van der Waals surface area contributed by atoms with Gasteiger partial charge in [-0.15, -0.1) is 0 Å². The van der Waals surface area contributed by atoms with E-state index in [-0.39, 0.29) is 12.1 Å². The molecule has 0 saturated carbocycles. The van der Waals surface area contributed by atoms with Gasteiger partial charge in [-0.05, 0) is 32.9 Å². The number of hydrogen-bond acceptors (Lipinski definition) is 4. The number of thioether (sulfide) groups is 1. The molecule has 130 valence electrons. The highest BCUT2D eigenvalue weighted by atomic mass is 32.2. The van der Waals surface area contributed by atoms with Gasteiger partial charge in [0.1, 0.15) is 4.32 Å². The lowest BCUT2D eigenvalue weighted by atomic mass is 10.1. The predicted octanol–water partition coefficient (Wildman–Crippen LogP) is 3.62. The monoisotopic (exact) mass is 354 g/mol. The topological polar surface area (TPSA) is 26.7 Å². The highest BCUT2D eigenvalue weighted by molar-refractivity contribution is 8.22. The number of aliphatic hydroxyl groups is 1. The predicted molar refractivity (Wildman–Crippen MR) is 106 cm³/mol. The molecule has 0 heterocycles. The van der Waals surface area contributed by atoms with Crippen LogP contribution in [0.25, 0.3) is 0 Å². The molecule has 0 spiro atoms. The summed E-state index contributed by atoms with van der Waals surface area (Å²) in [6.07, 6.45) is 0. The quantitative estimate of drug-likeness (QED) is 0.720. The largest absolute Gasteiger partial charge is 0.395 e. The second-order valence-corrected chi connectivity index (χ2v) is 8.24. The molecule has 23 heavy (non-hydrogen) atoms. The van der Waals surface area contributed by atoms with Crippen molar-refractivity contribution >= 4 is 28.3 Å². The van der Waals surface area contributed by atoms with E-state index in [9.17, 15) is 5.11 Å². The minimum atomic E-state index is -0.0543. The third kappa shape index (κ3) is 7.66. The Kier molecular flexibility index (Phi) is 9.14. The van der Waals surface area contributed by atoms with Crippen LogP contribution in [0.2, 0.25) is 0 Å². The van der Waals surface area contributed by atoms with Crippen molar-refractivity contribution < 1.29 is 5.11 Å². The Bertz CT molecular complexity index is 460. The Morgan fingerprint density at radius 3 is 2.35 bits per heavy atom. The Morgan fingerprint density at radius 2 is 1.83 bits per heavy atom. The van der Waals surface area contributed by atoms with Crippen molar-refractivity contribution in [2.24, 2.45) is 0 Å². The van der Waals surface area contributed by atoms with E-state index < -0.39 is 0 Å². The van der Waals surface area contributed by atoms with Crippen molar-refractivity contribution in [2.45, 2.75) is 39.8 Å². The van der Waals surface area contributed by atoms with Gasteiger partial charge in [0.15, 0.2) is 0 Å². The Morgan fingerprint density at radius 1 is 1.17 bits per heavy atom. The zero-order chi connectivity index (χ0) is 17.3. The van der Waals surface area contributed by atoms with E-state index in [0.29, 0.717) is 6.54 Å². The molecule has 0 aliphatic carbocycles. The van der Waals surface area contributed by atoms with Gasteiger partial charge in [-0.2, -0.15) is 0 Å². The zero-order valence-electron chi connectivity index (χ0n) is 14.8. The van der Waals surface area contributed by atoms with Crippen molar-refractivity contribution in [3.63, 3.8) is 0 Å². The minimum absolute atomic E-state index is 0.0543. The van der Waals surface area contributed by atoms with Crippen molar-refractivity contribution in [1.29, 1.82) is 0 Å². The molecule has 0 bridgehead atoms. The molecule has 1 aromatic rings. The van der Waals surface area contributed by atoms with Gasteiger partial charge < -0.3 is 10.0 Å². The number of aliphatic hydroxyl groups excluding tert-OH is 1. The molecule has 1 rings (SSSR count). The highest BCUT2D eigenvalue weighted by Gasteiger charge is 2.23. The number of thiocarbonyl (C=S) groups is 1. The summed E-state index contributed by atoms with van der Waals surface area (Å²) < 4.78 is 0.877. The first-order valence-electron chi connectivity index (χ1n) is 8.20. The first kappa shape index (κ1) is 20.4. The van der Waals surface area contributed by atoms with E-state index in [2.05, 4.69) is 67.8 Å². The molecular formula is C18H30N2OS2. The first-order chi connectivity index (χ1) is 10.9. The normalized spacial score (nSPS) is 11.7. The minimum Gasteiger partial charge on any atom is -0.395 e. The van der Waals surface area contributed by atoms with Crippen molar-refractivity contribution in [2.75, 3.05) is 32.0 Å². The lowest BCUT2D eigenvalue weighted by molar-refractivity contribution is 0.186. The van der Waals surface area contributed by atoms with E-state index >= 15 is 0 Å². The Balaban J connectivity index is 2.45. The maximum absolute atomic E-state index is 9.25. The lowest BCUT2D eigenvalue weighted by Crippen LogP contribution is -2.45. The molecule has 5 heteroatoms. The molecule has 0 aliphatic heterocycles. The molecule has 0 radical (unpaired) electrons. The summed E-state index contributed by atoms with van der Waals surface area (Å²) in [5.41, 5.74) is 1.29. The van der Waals surface area contributed by atoms with Crippen LogP contribution in [0.5, 0.6) is 0 Å². The van der Waals surface area contributed by atoms with Crippen LogP contribution < -0.4 is 0 Å². The van der Waals surface area contributed by atoms with Crippen LogP contribution in [0, 0.1) is 0 Å². The molecule has 0 fully saturated rings. The van der Waals surface area contributed by atoms with E-state index in [1.807, 2.05) is 0 Å². The number of nitrogens with zero attached hydrogens (tertiary/aromatic N) is 2.